The van der Waals surface area contributed by atoms with Crippen LogP contribution in [-0.4, -0.2) is 10.4 Å². The van der Waals surface area contributed by atoms with Crippen molar-refractivity contribution in [1.82, 2.24) is 4.98 Å². The van der Waals surface area contributed by atoms with E-state index >= 15 is 0 Å². The lowest BCUT2D eigenvalue weighted by Gasteiger charge is -2.04. The van der Waals surface area contributed by atoms with E-state index in [1.165, 1.54) is 0 Å². The van der Waals surface area contributed by atoms with Gasteiger partial charge in [-0.1, -0.05) is 6.08 Å². The van der Waals surface area contributed by atoms with Gasteiger partial charge in [-0.05, 0) is 0 Å². The first kappa shape index (κ1) is 7.63. The summed E-state index contributed by atoms with van der Waals surface area (Å²) in [4.78, 5) is 4.01. The van der Waals surface area contributed by atoms with Crippen LogP contribution in [0, 0.1) is 0 Å². The fourth-order valence-corrected chi connectivity index (χ4v) is 1.26. The third kappa shape index (κ3) is 2.04. The molecule has 0 aromatic carbocycles. The quantitative estimate of drug-likeness (QED) is 0.414. The van der Waals surface area contributed by atoms with E-state index in [0.29, 0.717) is 0 Å². The van der Waals surface area contributed by atoms with Gasteiger partial charge in [0.2, 0.25) is 0 Å². The average molecular weight is 172 g/mol. The van der Waals surface area contributed by atoms with Crippen molar-refractivity contribution in [2.75, 3.05) is 5.32 Å². The summed E-state index contributed by atoms with van der Waals surface area (Å²) in [6.45, 7) is 3.58. The van der Waals surface area contributed by atoms with Crippen LogP contribution in [0.3, 0.4) is 0 Å². The van der Waals surface area contributed by atoms with Crippen LogP contribution < -0.4 is 5.32 Å². The molecule has 0 aliphatic rings. The van der Waals surface area contributed by atoms with Crippen LogP contribution in [0.1, 0.15) is 0 Å². The lowest BCUT2D eigenvalue weighted by molar-refractivity contribution is 1.23. The van der Waals surface area contributed by atoms with Gasteiger partial charge in [0.15, 0.2) is 5.13 Å². The molecule has 0 fully saturated rings. The average Bonchev–Trinajstić information content (AvgIpc) is 2.40. The van der Waals surface area contributed by atoms with Crippen molar-refractivity contribution in [3.63, 3.8) is 0 Å². The van der Waals surface area contributed by atoms with Gasteiger partial charge in [0.1, 0.15) is 0 Å². The molecule has 1 heterocycles. The topological polar surface area (TPSA) is 24.9 Å². The van der Waals surface area contributed by atoms with Crippen molar-refractivity contribution < 1.29 is 0 Å². The molecule has 0 bridgehead atoms. The highest BCUT2D eigenvalue weighted by molar-refractivity contribution is 7.81. The summed E-state index contributed by atoms with van der Waals surface area (Å²) in [5, 5.41) is 5.80. The zero-order chi connectivity index (χ0) is 7.40. The Labute approximate surface area is 69.4 Å². The normalized spacial score (nSPS) is 12.5. The molecule has 1 aromatic rings. The maximum absolute atomic E-state index is 4.15. The summed E-state index contributed by atoms with van der Waals surface area (Å²) in [7, 11) is 0. The van der Waals surface area contributed by atoms with Gasteiger partial charge in [-0.2, -0.15) is 12.6 Å². The Balaban J connectivity index is 2.47. The van der Waals surface area contributed by atoms with Gasteiger partial charge in [0.05, 0.1) is 5.37 Å². The van der Waals surface area contributed by atoms with E-state index < -0.39 is 0 Å². The number of hydrogen-bond donors (Lipinski definition) is 2. The van der Waals surface area contributed by atoms with Crippen molar-refractivity contribution in [2.24, 2.45) is 0 Å². The first-order chi connectivity index (χ1) is 4.83. The zero-order valence-corrected chi connectivity index (χ0v) is 7.03. The number of nitrogens with one attached hydrogen (secondary N) is 1. The van der Waals surface area contributed by atoms with Crippen molar-refractivity contribution >= 4 is 29.1 Å². The molecular formula is C6H8N2S2. The monoisotopic (exact) mass is 172 g/mol. The minimum absolute atomic E-state index is 0.00819. The molecule has 1 atom stereocenters. The second-order valence-electron chi connectivity index (χ2n) is 1.66. The van der Waals surface area contributed by atoms with Gasteiger partial charge in [0.25, 0.3) is 0 Å². The molecule has 1 unspecified atom stereocenters. The van der Waals surface area contributed by atoms with Crippen LogP contribution in [0.2, 0.25) is 0 Å². The summed E-state index contributed by atoms with van der Waals surface area (Å²) in [5.74, 6) is 0. The Bertz CT molecular complexity index is 196. The second kappa shape index (κ2) is 3.63. The van der Waals surface area contributed by atoms with E-state index in [0.717, 1.165) is 5.13 Å². The molecule has 4 heteroatoms. The van der Waals surface area contributed by atoms with Gasteiger partial charge in [0, 0.05) is 11.6 Å². The highest BCUT2D eigenvalue weighted by Gasteiger charge is 1.96. The van der Waals surface area contributed by atoms with Crippen molar-refractivity contribution in [1.29, 1.82) is 0 Å². The molecule has 0 saturated carbocycles. The third-order valence-corrected chi connectivity index (χ3v) is 1.97. The smallest absolute Gasteiger partial charge is 0.183 e. The largest absolute Gasteiger partial charge is 0.346 e. The van der Waals surface area contributed by atoms with E-state index in [2.05, 4.69) is 29.5 Å². The highest BCUT2D eigenvalue weighted by atomic mass is 32.1. The molecule has 1 rings (SSSR count). The van der Waals surface area contributed by atoms with Crippen LogP contribution >= 0.6 is 24.0 Å². The van der Waals surface area contributed by atoms with Crippen LogP contribution in [0.15, 0.2) is 24.2 Å². The summed E-state index contributed by atoms with van der Waals surface area (Å²) in [6.07, 6.45) is 3.46. The first-order valence-corrected chi connectivity index (χ1v) is 4.19. The lowest BCUT2D eigenvalue weighted by Crippen LogP contribution is -2.07. The van der Waals surface area contributed by atoms with Crippen molar-refractivity contribution in [3.8, 4) is 0 Å². The number of anilines is 1. The fourth-order valence-electron chi connectivity index (χ4n) is 0.480. The Kier molecular flexibility index (Phi) is 2.77. The molecule has 0 radical (unpaired) electrons. The molecule has 10 heavy (non-hydrogen) atoms. The SMILES string of the molecule is C=CC(S)Nc1nccs1. The minimum atomic E-state index is -0.00819. The van der Waals surface area contributed by atoms with Crippen LogP contribution in [-0.2, 0) is 0 Å². The Morgan fingerprint density at radius 3 is 3.20 bits per heavy atom. The number of nitrogens with zero attached hydrogens (tertiary/aromatic N) is 1. The summed E-state index contributed by atoms with van der Waals surface area (Å²) >= 11 is 5.70. The molecular weight excluding hydrogens is 164 g/mol. The zero-order valence-electron chi connectivity index (χ0n) is 5.32. The first-order valence-electron chi connectivity index (χ1n) is 2.79. The van der Waals surface area contributed by atoms with E-state index in [9.17, 15) is 0 Å². The summed E-state index contributed by atoms with van der Waals surface area (Å²) < 4.78 is 0. The van der Waals surface area contributed by atoms with Crippen molar-refractivity contribution in [2.45, 2.75) is 5.37 Å². The molecule has 0 saturated heterocycles. The molecule has 0 spiro atoms. The standard InChI is InChI=1S/C6H8N2S2/c1-2-5(9)8-6-7-3-4-10-6/h2-5,9H,1H2,(H,7,8). The van der Waals surface area contributed by atoms with Gasteiger partial charge in [-0.15, -0.1) is 17.9 Å². The van der Waals surface area contributed by atoms with E-state index in [4.69, 9.17) is 0 Å². The molecule has 0 aliphatic carbocycles. The van der Waals surface area contributed by atoms with Gasteiger partial charge >= 0.3 is 0 Å². The number of aromatic nitrogens is 1. The minimum Gasteiger partial charge on any atom is -0.346 e. The van der Waals surface area contributed by atoms with Crippen LogP contribution in [0.4, 0.5) is 5.13 Å². The third-order valence-electron chi connectivity index (χ3n) is 0.927. The molecule has 1 aromatic heterocycles. The molecule has 0 amide bonds. The summed E-state index contributed by atoms with van der Waals surface area (Å²) in [5.41, 5.74) is 0. The Morgan fingerprint density at radius 1 is 1.90 bits per heavy atom. The van der Waals surface area contributed by atoms with E-state index in [1.54, 1.807) is 23.6 Å². The maximum Gasteiger partial charge on any atom is 0.183 e. The van der Waals surface area contributed by atoms with Crippen molar-refractivity contribution in [3.05, 3.63) is 24.2 Å². The maximum atomic E-state index is 4.15. The molecule has 1 N–H and O–H groups in total. The van der Waals surface area contributed by atoms with Crippen LogP contribution in [0.5, 0.6) is 0 Å². The Morgan fingerprint density at radius 2 is 2.70 bits per heavy atom. The summed E-state index contributed by atoms with van der Waals surface area (Å²) in [6, 6.07) is 0. The lowest BCUT2D eigenvalue weighted by atomic mass is 10.6. The predicted molar refractivity (Wildman–Crippen MR) is 48.7 cm³/mol. The second-order valence-corrected chi connectivity index (χ2v) is 3.11. The van der Waals surface area contributed by atoms with Crippen LogP contribution in [0.25, 0.3) is 0 Å². The fraction of sp³-hybridized carbons (Fsp3) is 0.167. The number of thiol groups is 1. The van der Waals surface area contributed by atoms with Gasteiger partial charge < -0.3 is 5.32 Å². The number of hydrogen-bond acceptors (Lipinski definition) is 4. The van der Waals surface area contributed by atoms with E-state index in [-0.39, 0.29) is 5.37 Å². The molecule has 0 aliphatic heterocycles. The molecule has 54 valence electrons. The Hall–Kier alpha value is -0.480. The predicted octanol–water partition coefficient (Wildman–Crippen LogP) is 2.00. The number of rotatable bonds is 3. The van der Waals surface area contributed by atoms with E-state index in [1.807, 2.05) is 5.38 Å². The van der Waals surface area contributed by atoms with Gasteiger partial charge in [-0.25, -0.2) is 4.98 Å². The molecule has 2 nitrogen and oxygen atoms in total. The van der Waals surface area contributed by atoms with Gasteiger partial charge in [-0.3, -0.25) is 0 Å². The highest BCUT2D eigenvalue weighted by Crippen LogP contribution is 2.12. The number of thiazole rings is 1.